The van der Waals surface area contributed by atoms with Crippen LogP contribution in [0.4, 0.5) is 11.4 Å². The van der Waals surface area contributed by atoms with E-state index in [9.17, 15) is 20.0 Å². The van der Waals surface area contributed by atoms with Gasteiger partial charge in [0.25, 0.3) is 5.69 Å². The molecule has 1 aromatic carbocycles. The Morgan fingerprint density at radius 2 is 2.05 bits per heavy atom. The van der Waals surface area contributed by atoms with Crippen LogP contribution in [0.3, 0.4) is 0 Å². The van der Waals surface area contributed by atoms with Crippen LogP contribution < -0.4 is 5.32 Å². The molecule has 6 nitrogen and oxygen atoms in total. The number of benzene rings is 1. The third-order valence-corrected chi connectivity index (χ3v) is 3.74. The third-order valence-electron chi connectivity index (χ3n) is 3.74. The molecular formula is C13H16N2O4. The Labute approximate surface area is 110 Å². The van der Waals surface area contributed by atoms with Gasteiger partial charge in [-0.1, -0.05) is 18.9 Å². The Morgan fingerprint density at radius 3 is 2.58 bits per heavy atom. The Balaban J connectivity index is 2.35. The number of nitro benzene ring substituents is 1. The van der Waals surface area contributed by atoms with Crippen LogP contribution in [0.15, 0.2) is 18.2 Å². The lowest BCUT2D eigenvalue weighted by Gasteiger charge is -2.27. The summed E-state index contributed by atoms with van der Waals surface area (Å²) < 4.78 is 0. The van der Waals surface area contributed by atoms with Crippen LogP contribution in [-0.4, -0.2) is 21.5 Å². The van der Waals surface area contributed by atoms with Crippen LogP contribution in [-0.2, 0) is 4.79 Å². The van der Waals surface area contributed by atoms with Gasteiger partial charge in [0.15, 0.2) is 0 Å². The van der Waals surface area contributed by atoms with Crippen molar-refractivity contribution in [2.24, 2.45) is 0 Å². The number of carboxylic acids is 1. The first-order chi connectivity index (χ1) is 8.96. The van der Waals surface area contributed by atoms with E-state index >= 15 is 0 Å². The van der Waals surface area contributed by atoms with Gasteiger partial charge in [-0.2, -0.15) is 0 Å². The van der Waals surface area contributed by atoms with E-state index in [0.29, 0.717) is 24.1 Å². The van der Waals surface area contributed by atoms with Gasteiger partial charge >= 0.3 is 5.97 Å². The molecule has 19 heavy (non-hydrogen) atoms. The molecule has 6 heteroatoms. The monoisotopic (exact) mass is 264 g/mol. The van der Waals surface area contributed by atoms with Crippen LogP contribution in [0.25, 0.3) is 0 Å². The van der Waals surface area contributed by atoms with Crippen LogP contribution >= 0.6 is 0 Å². The molecule has 0 bridgehead atoms. The molecule has 1 saturated carbocycles. The van der Waals surface area contributed by atoms with Crippen molar-refractivity contribution < 1.29 is 14.8 Å². The fourth-order valence-corrected chi connectivity index (χ4v) is 2.59. The Bertz CT molecular complexity index is 521. The summed E-state index contributed by atoms with van der Waals surface area (Å²) in [6, 6.07) is 4.67. The molecule has 0 radical (unpaired) electrons. The zero-order chi connectivity index (χ0) is 14.0. The Morgan fingerprint density at radius 1 is 1.42 bits per heavy atom. The lowest BCUT2D eigenvalue weighted by atomic mass is 9.96. The second kappa shape index (κ2) is 4.87. The number of hydrogen-bond donors (Lipinski definition) is 2. The van der Waals surface area contributed by atoms with Gasteiger partial charge in [0, 0.05) is 17.3 Å². The van der Waals surface area contributed by atoms with Gasteiger partial charge in [0.05, 0.1) is 4.92 Å². The summed E-state index contributed by atoms with van der Waals surface area (Å²) in [4.78, 5) is 21.9. The summed E-state index contributed by atoms with van der Waals surface area (Å²) in [6.07, 6.45) is 2.80. The van der Waals surface area contributed by atoms with E-state index in [2.05, 4.69) is 5.32 Å². The molecule has 0 unspecified atom stereocenters. The van der Waals surface area contributed by atoms with Crippen LogP contribution in [0.2, 0.25) is 0 Å². The highest BCUT2D eigenvalue weighted by atomic mass is 16.6. The van der Waals surface area contributed by atoms with Crippen molar-refractivity contribution in [1.29, 1.82) is 0 Å². The number of carboxylic acid groups (broad SMARTS) is 1. The minimum atomic E-state index is -0.986. The van der Waals surface area contributed by atoms with E-state index in [1.54, 1.807) is 19.1 Å². The molecule has 0 atom stereocenters. The van der Waals surface area contributed by atoms with Crippen molar-refractivity contribution in [3.63, 3.8) is 0 Å². The molecule has 102 valence electrons. The maximum atomic E-state index is 11.5. The second-order valence-corrected chi connectivity index (χ2v) is 4.93. The number of rotatable bonds is 4. The summed E-state index contributed by atoms with van der Waals surface area (Å²) in [6.45, 7) is 1.63. The number of aliphatic carboxylic acids is 1. The molecule has 0 saturated heterocycles. The van der Waals surface area contributed by atoms with E-state index in [4.69, 9.17) is 0 Å². The summed E-state index contributed by atoms with van der Waals surface area (Å²) in [5.41, 5.74) is 0.0158. The summed E-state index contributed by atoms with van der Waals surface area (Å²) in [5.74, 6) is -0.893. The largest absolute Gasteiger partial charge is 0.480 e. The van der Waals surface area contributed by atoms with Gasteiger partial charge in [-0.05, 0) is 25.8 Å². The number of nitrogens with zero attached hydrogens (tertiary/aromatic N) is 1. The number of nitrogens with one attached hydrogen (secondary N) is 1. The van der Waals surface area contributed by atoms with Crippen molar-refractivity contribution in [1.82, 2.24) is 0 Å². The highest BCUT2D eigenvalue weighted by molar-refractivity contribution is 5.84. The average Bonchev–Trinajstić information content (AvgIpc) is 2.81. The number of hydrogen-bond acceptors (Lipinski definition) is 4. The predicted molar refractivity (Wildman–Crippen MR) is 70.3 cm³/mol. The number of anilines is 1. The van der Waals surface area contributed by atoms with E-state index in [1.165, 1.54) is 6.07 Å². The highest BCUT2D eigenvalue weighted by Gasteiger charge is 2.41. The van der Waals surface area contributed by atoms with Crippen LogP contribution in [0.5, 0.6) is 0 Å². The second-order valence-electron chi connectivity index (χ2n) is 4.93. The van der Waals surface area contributed by atoms with Crippen LogP contribution in [0.1, 0.15) is 31.2 Å². The first-order valence-corrected chi connectivity index (χ1v) is 6.22. The van der Waals surface area contributed by atoms with E-state index in [1.807, 2.05) is 0 Å². The number of nitro groups is 1. The molecule has 0 heterocycles. The maximum absolute atomic E-state index is 11.5. The van der Waals surface area contributed by atoms with E-state index in [-0.39, 0.29) is 5.69 Å². The normalized spacial score (nSPS) is 17.1. The van der Waals surface area contributed by atoms with E-state index < -0.39 is 16.4 Å². The van der Waals surface area contributed by atoms with Gasteiger partial charge < -0.3 is 10.4 Å². The van der Waals surface area contributed by atoms with Gasteiger partial charge in [-0.3, -0.25) is 10.1 Å². The lowest BCUT2D eigenvalue weighted by molar-refractivity contribution is -0.385. The molecule has 1 aromatic rings. The summed E-state index contributed by atoms with van der Waals surface area (Å²) in [7, 11) is 0. The van der Waals surface area contributed by atoms with Crippen molar-refractivity contribution in [2.45, 2.75) is 38.1 Å². The maximum Gasteiger partial charge on any atom is 0.329 e. The van der Waals surface area contributed by atoms with Crippen molar-refractivity contribution in [2.75, 3.05) is 5.32 Å². The topological polar surface area (TPSA) is 92.5 Å². The predicted octanol–water partition coefficient (Wildman–Crippen LogP) is 2.71. The highest BCUT2D eigenvalue weighted by Crippen LogP contribution is 2.35. The average molecular weight is 264 g/mol. The molecule has 2 rings (SSSR count). The Hall–Kier alpha value is -2.11. The summed E-state index contributed by atoms with van der Waals surface area (Å²) in [5, 5.41) is 23.3. The van der Waals surface area contributed by atoms with Gasteiger partial charge in [0.1, 0.15) is 5.54 Å². The van der Waals surface area contributed by atoms with E-state index in [0.717, 1.165) is 12.8 Å². The van der Waals surface area contributed by atoms with Gasteiger partial charge in [0.2, 0.25) is 0 Å². The Kier molecular flexibility index (Phi) is 3.42. The fraction of sp³-hybridized carbons (Fsp3) is 0.462. The molecule has 0 amide bonds. The molecular weight excluding hydrogens is 248 g/mol. The van der Waals surface area contributed by atoms with Gasteiger partial charge in [-0.25, -0.2) is 4.79 Å². The molecule has 1 aliphatic carbocycles. The number of carbonyl (C=O) groups is 1. The van der Waals surface area contributed by atoms with Crippen molar-refractivity contribution in [3.05, 3.63) is 33.9 Å². The van der Waals surface area contributed by atoms with Crippen molar-refractivity contribution in [3.8, 4) is 0 Å². The standard InChI is InChI=1S/C13H16N2O4/c1-9-10(5-4-6-11(9)15(18)19)14-13(12(16)17)7-2-3-8-13/h4-6,14H,2-3,7-8H2,1H3,(H,16,17). The zero-order valence-electron chi connectivity index (χ0n) is 10.7. The van der Waals surface area contributed by atoms with Gasteiger partial charge in [-0.15, -0.1) is 0 Å². The molecule has 2 N–H and O–H groups in total. The SMILES string of the molecule is Cc1c(NC2(C(=O)O)CCCC2)cccc1[N+](=O)[O-]. The quantitative estimate of drug-likeness (QED) is 0.644. The third kappa shape index (κ3) is 2.38. The van der Waals surface area contributed by atoms with Crippen molar-refractivity contribution >= 4 is 17.3 Å². The minimum absolute atomic E-state index is 0.00327. The molecule has 1 aliphatic rings. The van der Waals surface area contributed by atoms with Crippen LogP contribution in [0, 0.1) is 17.0 Å². The molecule has 1 fully saturated rings. The summed E-state index contributed by atoms with van der Waals surface area (Å²) >= 11 is 0. The molecule has 0 aromatic heterocycles. The lowest BCUT2D eigenvalue weighted by Crippen LogP contribution is -2.43. The first kappa shape index (κ1) is 13.3. The first-order valence-electron chi connectivity index (χ1n) is 6.22. The fourth-order valence-electron chi connectivity index (χ4n) is 2.59. The zero-order valence-corrected chi connectivity index (χ0v) is 10.7. The minimum Gasteiger partial charge on any atom is -0.480 e. The molecule has 0 aliphatic heterocycles. The smallest absolute Gasteiger partial charge is 0.329 e. The molecule has 0 spiro atoms.